The number of nitrogens with zero attached hydrogens (tertiary/aromatic N) is 2. The molecular formula is C14H25N3O4. The number of carboxylic acid groups (broad SMARTS) is 1. The maximum atomic E-state index is 12.4. The van der Waals surface area contributed by atoms with Gasteiger partial charge in [-0.05, 0) is 33.4 Å². The minimum atomic E-state index is -0.843. The van der Waals surface area contributed by atoms with Crippen LogP contribution in [0.3, 0.4) is 0 Å². The summed E-state index contributed by atoms with van der Waals surface area (Å²) in [4.78, 5) is 27.2. The summed E-state index contributed by atoms with van der Waals surface area (Å²) in [6, 6.07) is -0.580. The molecule has 2 fully saturated rings. The molecule has 21 heavy (non-hydrogen) atoms. The summed E-state index contributed by atoms with van der Waals surface area (Å²) in [5.41, 5.74) is 0. The zero-order valence-corrected chi connectivity index (χ0v) is 12.7. The Morgan fingerprint density at radius 2 is 2.05 bits per heavy atom. The Labute approximate surface area is 124 Å². The summed E-state index contributed by atoms with van der Waals surface area (Å²) >= 11 is 0. The third-order valence-corrected chi connectivity index (χ3v) is 4.37. The minimum Gasteiger partial charge on any atom is -0.481 e. The van der Waals surface area contributed by atoms with E-state index in [1.54, 1.807) is 4.90 Å². The Balaban J connectivity index is 1.96. The van der Waals surface area contributed by atoms with Crippen LogP contribution in [0.15, 0.2) is 0 Å². The number of aliphatic carboxylic acids is 1. The zero-order valence-electron chi connectivity index (χ0n) is 12.7. The minimum absolute atomic E-state index is 0.0281. The molecule has 0 bridgehead atoms. The van der Waals surface area contributed by atoms with E-state index < -0.39 is 18.0 Å². The van der Waals surface area contributed by atoms with Crippen LogP contribution in [0.2, 0.25) is 0 Å². The number of hydrogen-bond acceptors (Lipinski definition) is 4. The number of likely N-dealkylation sites (N-methyl/N-ethyl adjacent to an activating group) is 1. The highest BCUT2D eigenvalue weighted by Crippen LogP contribution is 2.27. The van der Waals surface area contributed by atoms with Gasteiger partial charge in [-0.3, -0.25) is 4.79 Å². The molecule has 3 N–H and O–H groups in total. The van der Waals surface area contributed by atoms with Crippen LogP contribution in [0.25, 0.3) is 0 Å². The number of carbonyl (C=O) groups is 2. The van der Waals surface area contributed by atoms with Crippen LogP contribution >= 0.6 is 0 Å². The fraction of sp³-hybridized carbons (Fsp3) is 0.857. The first-order chi connectivity index (χ1) is 9.88. The summed E-state index contributed by atoms with van der Waals surface area (Å²) in [6.45, 7) is 1.01. The van der Waals surface area contributed by atoms with Crippen molar-refractivity contribution in [3.8, 4) is 0 Å². The number of carbonyl (C=O) groups excluding carboxylic acids is 1. The normalized spacial score (nSPS) is 32.7. The van der Waals surface area contributed by atoms with E-state index in [4.69, 9.17) is 5.11 Å². The molecule has 2 amide bonds. The molecule has 1 heterocycles. The van der Waals surface area contributed by atoms with Gasteiger partial charge in [0.25, 0.3) is 0 Å². The van der Waals surface area contributed by atoms with Crippen molar-refractivity contribution in [2.45, 2.75) is 43.9 Å². The molecule has 1 aliphatic heterocycles. The monoisotopic (exact) mass is 299 g/mol. The third-order valence-electron chi connectivity index (χ3n) is 4.37. The fourth-order valence-electron chi connectivity index (χ4n) is 3.41. The molecular weight excluding hydrogens is 274 g/mol. The van der Waals surface area contributed by atoms with Gasteiger partial charge in [0.15, 0.2) is 0 Å². The highest BCUT2D eigenvalue weighted by atomic mass is 16.4. The number of rotatable bonds is 4. The van der Waals surface area contributed by atoms with Crippen LogP contribution < -0.4 is 5.32 Å². The smallest absolute Gasteiger partial charge is 0.318 e. The summed E-state index contributed by atoms with van der Waals surface area (Å²) in [6.07, 6.45) is 2.21. The van der Waals surface area contributed by atoms with Crippen LogP contribution in [0, 0.1) is 5.92 Å². The van der Waals surface area contributed by atoms with Crippen molar-refractivity contribution in [1.29, 1.82) is 0 Å². The van der Waals surface area contributed by atoms with Gasteiger partial charge in [0, 0.05) is 25.2 Å². The van der Waals surface area contributed by atoms with Crippen molar-refractivity contribution < 1.29 is 19.8 Å². The molecule has 4 unspecified atom stereocenters. The molecule has 2 aliphatic rings. The molecule has 2 rings (SSSR count). The Bertz CT molecular complexity index is 402. The molecule has 4 atom stereocenters. The van der Waals surface area contributed by atoms with Crippen LogP contribution in [-0.2, 0) is 4.79 Å². The number of likely N-dealkylation sites (tertiary alicyclic amines) is 1. The first-order valence-electron chi connectivity index (χ1n) is 7.51. The molecule has 1 saturated heterocycles. The highest BCUT2D eigenvalue weighted by molar-refractivity contribution is 5.77. The van der Waals surface area contributed by atoms with E-state index in [0.717, 1.165) is 6.42 Å². The molecule has 0 radical (unpaired) electrons. The van der Waals surface area contributed by atoms with Gasteiger partial charge in [-0.2, -0.15) is 0 Å². The van der Waals surface area contributed by atoms with Gasteiger partial charge in [-0.25, -0.2) is 4.79 Å². The average molecular weight is 299 g/mol. The van der Waals surface area contributed by atoms with E-state index in [1.165, 1.54) is 0 Å². The topological polar surface area (TPSA) is 93.1 Å². The number of carboxylic acids is 1. The van der Waals surface area contributed by atoms with E-state index in [0.29, 0.717) is 32.4 Å². The first kappa shape index (κ1) is 16.0. The molecule has 0 aromatic heterocycles. The molecule has 1 saturated carbocycles. The highest BCUT2D eigenvalue weighted by Gasteiger charge is 2.38. The fourth-order valence-corrected chi connectivity index (χ4v) is 3.41. The van der Waals surface area contributed by atoms with Crippen molar-refractivity contribution >= 4 is 12.0 Å². The predicted octanol–water partition coefficient (Wildman–Crippen LogP) is -0.0539. The number of β-amino-alcohol motifs (C(OH)–C–C–N with tert-alkyl or cyclic N) is 1. The van der Waals surface area contributed by atoms with E-state index >= 15 is 0 Å². The molecule has 0 aromatic rings. The zero-order chi connectivity index (χ0) is 15.6. The quantitative estimate of drug-likeness (QED) is 0.676. The number of urea groups is 1. The van der Waals surface area contributed by atoms with Crippen molar-refractivity contribution in [3.05, 3.63) is 0 Å². The van der Waals surface area contributed by atoms with Gasteiger partial charge in [0.1, 0.15) is 0 Å². The molecule has 7 nitrogen and oxygen atoms in total. The second-order valence-corrected chi connectivity index (χ2v) is 6.39. The van der Waals surface area contributed by atoms with E-state index in [9.17, 15) is 14.7 Å². The van der Waals surface area contributed by atoms with Gasteiger partial charge < -0.3 is 25.3 Å². The second kappa shape index (κ2) is 6.62. The maximum Gasteiger partial charge on any atom is 0.318 e. The number of aliphatic hydroxyl groups is 1. The second-order valence-electron chi connectivity index (χ2n) is 6.39. The Morgan fingerprint density at radius 3 is 2.67 bits per heavy atom. The summed E-state index contributed by atoms with van der Waals surface area (Å²) < 4.78 is 0. The van der Waals surface area contributed by atoms with Gasteiger partial charge in [0.2, 0.25) is 0 Å². The van der Waals surface area contributed by atoms with Crippen LogP contribution in [0.4, 0.5) is 4.79 Å². The molecule has 1 aliphatic carbocycles. The number of aliphatic hydroxyl groups excluding tert-OH is 1. The molecule has 7 heteroatoms. The lowest BCUT2D eigenvalue weighted by molar-refractivity contribution is -0.142. The van der Waals surface area contributed by atoms with Crippen molar-refractivity contribution in [2.75, 3.05) is 27.2 Å². The van der Waals surface area contributed by atoms with Crippen LogP contribution in [-0.4, -0.2) is 77.4 Å². The van der Waals surface area contributed by atoms with Crippen molar-refractivity contribution in [1.82, 2.24) is 15.1 Å². The lowest BCUT2D eigenvalue weighted by Crippen LogP contribution is -2.51. The standard InChI is InChI=1S/C14H25N3O4/c1-16(2)7-9-6-10(18)8-17(9)14(21)15-12-5-3-4-11(12)13(19)20/h9-12,18H,3-8H2,1-2H3,(H,15,21)(H,19,20). The Hall–Kier alpha value is -1.34. The molecule has 120 valence electrons. The van der Waals surface area contributed by atoms with Crippen LogP contribution in [0.1, 0.15) is 25.7 Å². The SMILES string of the molecule is CN(C)CC1CC(O)CN1C(=O)NC1CCCC1C(=O)O. The van der Waals surface area contributed by atoms with Gasteiger partial charge in [0.05, 0.1) is 12.0 Å². The summed E-state index contributed by atoms with van der Waals surface area (Å²) in [5.74, 6) is -1.34. The van der Waals surface area contributed by atoms with E-state index in [1.807, 2.05) is 19.0 Å². The van der Waals surface area contributed by atoms with Crippen molar-refractivity contribution in [2.24, 2.45) is 5.92 Å². The third kappa shape index (κ3) is 3.85. The maximum absolute atomic E-state index is 12.4. The Kier molecular flexibility index (Phi) is 5.05. The van der Waals surface area contributed by atoms with Gasteiger partial charge >= 0.3 is 12.0 Å². The predicted molar refractivity (Wildman–Crippen MR) is 77.0 cm³/mol. The average Bonchev–Trinajstić information content (AvgIpc) is 2.95. The molecule has 0 spiro atoms. The lowest BCUT2D eigenvalue weighted by Gasteiger charge is -2.29. The van der Waals surface area contributed by atoms with Gasteiger partial charge in [-0.15, -0.1) is 0 Å². The van der Waals surface area contributed by atoms with Crippen molar-refractivity contribution in [3.63, 3.8) is 0 Å². The number of hydrogen-bond donors (Lipinski definition) is 3. The number of nitrogens with one attached hydrogen (secondary N) is 1. The molecule has 0 aromatic carbocycles. The lowest BCUT2D eigenvalue weighted by atomic mass is 10.0. The van der Waals surface area contributed by atoms with Gasteiger partial charge in [-0.1, -0.05) is 6.42 Å². The summed E-state index contributed by atoms with van der Waals surface area (Å²) in [7, 11) is 3.86. The number of amides is 2. The summed E-state index contributed by atoms with van der Waals surface area (Å²) in [5, 5.41) is 21.8. The van der Waals surface area contributed by atoms with E-state index in [-0.39, 0.29) is 18.1 Å². The Morgan fingerprint density at radius 1 is 1.33 bits per heavy atom. The van der Waals surface area contributed by atoms with Crippen LogP contribution in [0.5, 0.6) is 0 Å². The first-order valence-corrected chi connectivity index (χ1v) is 7.51. The van der Waals surface area contributed by atoms with E-state index in [2.05, 4.69) is 5.32 Å². The largest absolute Gasteiger partial charge is 0.481 e.